The summed E-state index contributed by atoms with van der Waals surface area (Å²) >= 11 is 6.09. The van der Waals surface area contributed by atoms with Crippen LogP contribution in [0, 0.1) is 11.3 Å². The minimum absolute atomic E-state index is 0.145. The first-order valence-electron chi connectivity index (χ1n) is 5.08. The molecule has 1 rings (SSSR count). The summed E-state index contributed by atoms with van der Waals surface area (Å²) in [6, 6.07) is 2.13. The van der Waals surface area contributed by atoms with Crippen LogP contribution in [0.15, 0.2) is 0 Å². The normalized spacial score (nSPS) is 11.5. The van der Waals surface area contributed by atoms with Gasteiger partial charge in [0.15, 0.2) is 0 Å². The number of hydrogen-bond acceptors (Lipinski definition) is 2. The zero-order valence-corrected chi connectivity index (χ0v) is 10.4. The fourth-order valence-electron chi connectivity index (χ4n) is 1.43. The number of nitrogens with zero attached hydrogens (tertiary/aromatic N) is 3. The van der Waals surface area contributed by atoms with E-state index in [9.17, 15) is 0 Å². The molecule has 1 heterocycles. The molecule has 0 saturated heterocycles. The predicted octanol–water partition coefficient (Wildman–Crippen LogP) is 3.12. The van der Waals surface area contributed by atoms with Crippen LogP contribution in [-0.4, -0.2) is 9.78 Å². The molecule has 15 heavy (non-hydrogen) atoms. The van der Waals surface area contributed by atoms with Gasteiger partial charge in [-0.2, -0.15) is 10.4 Å². The standard InChI is InChI=1S/C11H16ClN3/c1-5-6-15-10(12)8(7-13)9(14-15)11(2,3)4/h5-6H2,1-4H3. The van der Waals surface area contributed by atoms with Crippen molar-refractivity contribution in [2.75, 3.05) is 0 Å². The van der Waals surface area contributed by atoms with E-state index >= 15 is 0 Å². The average Bonchev–Trinajstić information content (AvgIpc) is 2.44. The lowest BCUT2D eigenvalue weighted by molar-refractivity contribution is 0.528. The van der Waals surface area contributed by atoms with Gasteiger partial charge in [-0.05, 0) is 6.42 Å². The summed E-state index contributed by atoms with van der Waals surface area (Å²) in [5.41, 5.74) is 1.15. The van der Waals surface area contributed by atoms with Crippen molar-refractivity contribution in [1.29, 1.82) is 5.26 Å². The Bertz CT molecular complexity index is 393. The third-order valence-corrected chi connectivity index (χ3v) is 2.53. The molecule has 1 aromatic rings. The molecule has 0 fully saturated rings. The molecular weight excluding hydrogens is 210 g/mol. The summed E-state index contributed by atoms with van der Waals surface area (Å²) in [5, 5.41) is 13.9. The Balaban J connectivity index is 3.30. The van der Waals surface area contributed by atoms with Gasteiger partial charge in [0.25, 0.3) is 0 Å². The highest BCUT2D eigenvalue weighted by atomic mass is 35.5. The molecule has 0 bridgehead atoms. The fraction of sp³-hybridized carbons (Fsp3) is 0.636. The van der Waals surface area contributed by atoms with Gasteiger partial charge < -0.3 is 0 Å². The van der Waals surface area contributed by atoms with E-state index in [-0.39, 0.29) is 5.41 Å². The highest BCUT2D eigenvalue weighted by Gasteiger charge is 2.25. The summed E-state index contributed by atoms with van der Waals surface area (Å²) in [6.07, 6.45) is 0.954. The van der Waals surface area contributed by atoms with Crippen molar-refractivity contribution in [3.63, 3.8) is 0 Å². The highest BCUT2D eigenvalue weighted by Crippen LogP contribution is 2.29. The van der Waals surface area contributed by atoms with Crippen LogP contribution in [0.25, 0.3) is 0 Å². The monoisotopic (exact) mass is 225 g/mol. The smallest absolute Gasteiger partial charge is 0.145 e. The van der Waals surface area contributed by atoms with Gasteiger partial charge in [-0.3, -0.25) is 4.68 Å². The molecule has 0 aromatic carbocycles. The van der Waals surface area contributed by atoms with Crippen LogP contribution in [0.2, 0.25) is 5.15 Å². The number of halogens is 1. The molecule has 0 aliphatic rings. The zero-order chi connectivity index (χ0) is 11.6. The van der Waals surface area contributed by atoms with Crippen LogP contribution in [0.4, 0.5) is 0 Å². The molecule has 0 N–H and O–H groups in total. The molecule has 0 aliphatic heterocycles. The van der Waals surface area contributed by atoms with Crippen molar-refractivity contribution >= 4 is 11.6 Å². The molecule has 0 aliphatic carbocycles. The van der Waals surface area contributed by atoms with E-state index in [1.165, 1.54) is 0 Å². The summed E-state index contributed by atoms with van der Waals surface area (Å²) in [5.74, 6) is 0. The molecule has 1 aromatic heterocycles. The van der Waals surface area contributed by atoms with Crippen LogP contribution < -0.4 is 0 Å². The number of nitriles is 1. The Labute approximate surface area is 95.7 Å². The number of aryl methyl sites for hydroxylation is 1. The lowest BCUT2D eigenvalue weighted by Crippen LogP contribution is -2.14. The second-order valence-corrected chi connectivity index (χ2v) is 4.96. The number of rotatable bonds is 2. The largest absolute Gasteiger partial charge is 0.252 e. The maximum absolute atomic E-state index is 9.06. The maximum Gasteiger partial charge on any atom is 0.145 e. The van der Waals surface area contributed by atoms with Crippen LogP contribution in [0.1, 0.15) is 45.4 Å². The fourth-order valence-corrected chi connectivity index (χ4v) is 1.68. The molecule has 0 atom stereocenters. The van der Waals surface area contributed by atoms with E-state index in [2.05, 4.69) is 18.1 Å². The van der Waals surface area contributed by atoms with Crippen molar-refractivity contribution in [3.05, 3.63) is 16.4 Å². The van der Waals surface area contributed by atoms with Gasteiger partial charge in [-0.15, -0.1) is 0 Å². The first-order valence-corrected chi connectivity index (χ1v) is 5.46. The molecule has 0 unspecified atom stereocenters. The van der Waals surface area contributed by atoms with Crippen LogP contribution in [-0.2, 0) is 12.0 Å². The van der Waals surface area contributed by atoms with Crippen LogP contribution in [0.3, 0.4) is 0 Å². The van der Waals surface area contributed by atoms with E-state index in [0.29, 0.717) is 10.7 Å². The molecule has 0 amide bonds. The van der Waals surface area contributed by atoms with E-state index in [1.807, 2.05) is 20.8 Å². The molecule has 3 nitrogen and oxygen atoms in total. The Morgan fingerprint density at radius 3 is 2.40 bits per heavy atom. The molecular formula is C11H16ClN3. The van der Waals surface area contributed by atoms with E-state index in [0.717, 1.165) is 18.7 Å². The van der Waals surface area contributed by atoms with Gasteiger partial charge in [-0.1, -0.05) is 39.3 Å². The van der Waals surface area contributed by atoms with Crippen molar-refractivity contribution in [1.82, 2.24) is 9.78 Å². The van der Waals surface area contributed by atoms with Gasteiger partial charge in [0.2, 0.25) is 0 Å². The zero-order valence-electron chi connectivity index (χ0n) is 9.63. The van der Waals surface area contributed by atoms with Crippen molar-refractivity contribution in [3.8, 4) is 6.07 Å². The average molecular weight is 226 g/mol. The van der Waals surface area contributed by atoms with Gasteiger partial charge in [0.1, 0.15) is 16.8 Å². The highest BCUT2D eigenvalue weighted by molar-refractivity contribution is 6.30. The summed E-state index contributed by atoms with van der Waals surface area (Å²) in [4.78, 5) is 0. The van der Waals surface area contributed by atoms with Crippen molar-refractivity contribution < 1.29 is 0 Å². The molecule has 0 radical (unpaired) electrons. The summed E-state index contributed by atoms with van der Waals surface area (Å²) in [7, 11) is 0. The topological polar surface area (TPSA) is 41.6 Å². The SMILES string of the molecule is CCCn1nc(C(C)(C)C)c(C#N)c1Cl. The van der Waals surface area contributed by atoms with E-state index in [4.69, 9.17) is 16.9 Å². The minimum Gasteiger partial charge on any atom is -0.252 e. The van der Waals surface area contributed by atoms with Crippen molar-refractivity contribution in [2.45, 2.75) is 46.1 Å². The van der Waals surface area contributed by atoms with Crippen LogP contribution >= 0.6 is 11.6 Å². The number of hydrogen-bond donors (Lipinski definition) is 0. The molecule has 0 spiro atoms. The Morgan fingerprint density at radius 2 is 2.07 bits per heavy atom. The van der Waals surface area contributed by atoms with E-state index < -0.39 is 0 Å². The lowest BCUT2D eigenvalue weighted by atomic mass is 9.90. The van der Waals surface area contributed by atoms with Crippen molar-refractivity contribution in [2.24, 2.45) is 0 Å². The Kier molecular flexibility index (Phi) is 3.41. The second-order valence-electron chi connectivity index (χ2n) is 4.60. The van der Waals surface area contributed by atoms with Gasteiger partial charge >= 0.3 is 0 Å². The molecule has 82 valence electrons. The lowest BCUT2D eigenvalue weighted by Gasteiger charge is -2.15. The maximum atomic E-state index is 9.06. The van der Waals surface area contributed by atoms with Gasteiger partial charge in [-0.25, -0.2) is 0 Å². The quantitative estimate of drug-likeness (QED) is 0.776. The Hall–Kier alpha value is -1.01. The summed E-state index contributed by atoms with van der Waals surface area (Å²) in [6.45, 7) is 8.90. The minimum atomic E-state index is -0.145. The van der Waals surface area contributed by atoms with E-state index in [1.54, 1.807) is 4.68 Å². The summed E-state index contributed by atoms with van der Waals surface area (Å²) < 4.78 is 1.71. The molecule has 4 heteroatoms. The predicted molar refractivity (Wildman–Crippen MR) is 60.9 cm³/mol. The third-order valence-electron chi connectivity index (χ3n) is 2.15. The number of aromatic nitrogens is 2. The van der Waals surface area contributed by atoms with Gasteiger partial charge in [0.05, 0.1) is 5.69 Å². The second kappa shape index (κ2) is 4.24. The van der Waals surface area contributed by atoms with Gasteiger partial charge in [0, 0.05) is 12.0 Å². The first kappa shape index (κ1) is 12.1. The molecule has 0 saturated carbocycles. The first-order chi connectivity index (χ1) is 6.91. The van der Waals surface area contributed by atoms with Crippen LogP contribution in [0.5, 0.6) is 0 Å². The Morgan fingerprint density at radius 1 is 1.47 bits per heavy atom. The third kappa shape index (κ3) is 2.32.